The maximum Gasteiger partial charge on any atom is 0.227 e. The van der Waals surface area contributed by atoms with E-state index < -0.39 is 0 Å². The molecule has 1 aromatic rings. The van der Waals surface area contributed by atoms with Crippen molar-refractivity contribution >= 4 is 17.3 Å². The predicted octanol–water partition coefficient (Wildman–Crippen LogP) is 1.29. The molecule has 0 atom stereocenters. The monoisotopic (exact) mass is 233 g/mol. The number of rotatable bonds is 2. The summed E-state index contributed by atoms with van der Waals surface area (Å²) in [6.45, 7) is 4.40. The largest absolute Gasteiger partial charge is 0.399 e. The van der Waals surface area contributed by atoms with Gasteiger partial charge in [0.05, 0.1) is 5.54 Å². The average molecular weight is 233 g/mol. The van der Waals surface area contributed by atoms with Gasteiger partial charge < -0.3 is 16.4 Å². The molecular weight excluding hydrogens is 214 g/mol. The number of hydrogen-bond donors (Lipinski definition) is 2. The zero-order chi connectivity index (χ0) is 12.6. The lowest BCUT2D eigenvalue weighted by molar-refractivity contribution is -0.119. The molecule has 0 aromatic heterocycles. The lowest BCUT2D eigenvalue weighted by Gasteiger charge is -2.41. The van der Waals surface area contributed by atoms with Crippen molar-refractivity contribution in [2.45, 2.75) is 32.2 Å². The number of hydrogen-bond acceptors (Lipinski definition) is 3. The van der Waals surface area contributed by atoms with Crippen LogP contribution in [0.5, 0.6) is 0 Å². The van der Waals surface area contributed by atoms with Gasteiger partial charge in [-0.05, 0) is 44.0 Å². The van der Waals surface area contributed by atoms with Gasteiger partial charge in [-0.3, -0.25) is 4.79 Å². The third-order valence-corrected chi connectivity index (χ3v) is 3.31. The second-order valence-electron chi connectivity index (χ2n) is 5.13. The number of aryl methyl sites for hydroxylation is 1. The maximum atomic E-state index is 12.1. The zero-order valence-corrected chi connectivity index (χ0v) is 10.4. The fourth-order valence-corrected chi connectivity index (χ4v) is 2.27. The van der Waals surface area contributed by atoms with E-state index in [1.807, 2.05) is 36.9 Å². The van der Waals surface area contributed by atoms with Crippen molar-refractivity contribution in [3.63, 3.8) is 0 Å². The minimum absolute atomic E-state index is 0.137. The molecule has 1 aromatic carbocycles. The molecule has 0 spiro atoms. The van der Waals surface area contributed by atoms with Crippen molar-refractivity contribution in [3.8, 4) is 0 Å². The lowest BCUT2D eigenvalue weighted by Crippen LogP contribution is -2.54. The van der Waals surface area contributed by atoms with Gasteiger partial charge in [-0.25, -0.2) is 0 Å². The van der Waals surface area contributed by atoms with Gasteiger partial charge in [-0.1, -0.05) is 0 Å². The second-order valence-corrected chi connectivity index (χ2v) is 5.13. The number of benzene rings is 1. The number of nitrogen functional groups attached to an aromatic ring is 1. The first-order valence-electron chi connectivity index (χ1n) is 5.87. The van der Waals surface area contributed by atoms with E-state index in [2.05, 4.69) is 0 Å². The van der Waals surface area contributed by atoms with Gasteiger partial charge in [0.25, 0.3) is 0 Å². The van der Waals surface area contributed by atoms with Gasteiger partial charge in [0, 0.05) is 24.3 Å². The number of fused-ring (bicyclic) bond motifs is 1. The Kier molecular flexibility index (Phi) is 2.83. The summed E-state index contributed by atoms with van der Waals surface area (Å²) in [4.78, 5) is 13.9. The van der Waals surface area contributed by atoms with Gasteiger partial charge in [0.2, 0.25) is 5.91 Å². The van der Waals surface area contributed by atoms with Crippen LogP contribution in [0.4, 0.5) is 11.4 Å². The smallest absolute Gasteiger partial charge is 0.227 e. The molecule has 0 fully saturated rings. The van der Waals surface area contributed by atoms with Crippen molar-refractivity contribution in [1.29, 1.82) is 0 Å². The first kappa shape index (κ1) is 11.9. The highest BCUT2D eigenvalue weighted by Gasteiger charge is 2.34. The van der Waals surface area contributed by atoms with Crippen LogP contribution in [0.1, 0.15) is 25.8 Å². The summed E-state index contributed by atoms with van der Waals surface area (Å²) in [6, 6.07) is 5.69. The van der Waals surface area contributed by atoms with Crippen molar-refractivity contribution in [3.05, 3.63) is 23.8 Å². The van der Waals surface area contributed by atoms with Gasteiger partial charge in [-0.2, -0.15) is 0 Å². The van der Waals surface area contributed by atoms with E-state index in [1.165, 1.54) is 0 Å². The van der Waals surface area contributed by atoms with Crippen LogP contribution in [0.2, 0.25) is 0 Å². The van der Waals surface area contributed by atoms with Crippen LogP contribution in [-0.4, -0.2) is 18.0 Å². The van der Waals surface area contributed by atoms with E-state index in [0.717, 1.165) is 23.4 Å². The van der Waals surface area contributed by atoms with Gasteiger partial charge in [0.15, 0.2) is 0 Å². The van der Waals surface area contributed by atoms with Crippen LogP contribution in [-0.2, 0) is 11.2 Å². The fraction of sp³-hybridized carbons (Fsp3) is 0.462. The van der Waals surface area contributed by atoms with Crippen LogP contribution in [0, 0.1) is 0 Å². The topological polar surface area (TPSA) is 72.3 Å². The highest BCUT2D eigenvalue weighted by atomic mass is 16.2. The van der Waals surface area contributed by atoms with Crippen molar-refractivity contribution in [1.82, 2.24) is 0 Å². The van der Waals surface area contributed by atoms with Gasteiger partial charge in [0.1, 0.15) is 0 Å². The molecular formula is C13H19N3O. The molecule has 1 amide bonds. The minimum atomic E-state index is -0.359. The lowest BCUT2D eigenvalue weighted by atomic mass is 9.93. The van der Waals surface area contributed by atoms with Crippen LogP contribution >= 0.6 is 0 Å². The summed E-state index contributed by atoms with van der Waals surface area (Å²) in [6.07, 6.45) is 1.29. The summed E-state index contributed by atoms with van der Waals surface area (Å²) in [5.41, 5.74) is 14.0. The van der Waals surface area contributed by atoms with E-state index >= 15 is 0 Å². The van der Waals surface area contributed by atoms with Crippen molar-refractivity contribution < 1.29 is 4.79 Å². The van der Waals surface area contributed by atoms with E-state index in [0.29, 0.717) is 13.0 Å². The first-order chi connectivity index (χ1) is 7.95. The highest BCUT2D eigenvalue weighted by Crippen LogP contribution is 2.34. The Balaban J connectivity index is 2.51. The normalized spacial score (nSPS) is 15.9. The molecule has 1 heterocycles. The molecule has 0 bridgehead atoms. The predicted molar refractivity (Wildman–Crippen MR) is 69.8 cm³/mol. The van der Waals surface area contributed by atoms with Crippen LogP contribution in [0.15, 0.2) is 18.2 Å². The second kappa shape index (κ2) is 4.04. The molecule has 92 valence electrons. The quantitative estimate of drug-likeness (QED) is 0.756. The maximum absolute atomic E-state index is 12.1. The molecule has 1 aliphatic heterocycles. The van der Waals surface area contributed by atoms with Crippen LogP contribution in [0.25, 0.3) is 0 Å². The molecule has 0 saturated heterocycles. The van der Waals surface area contributed by atoms with Crippen LogP contribution in [0.3, 0.4) is 0 Å². The summed E-state index contributed by atoms with van der Waals surface area (Å²) in [5, 5.41) is 0. The number of nitrogens with zero attached hydrogens (tertiary/aromatic N) is 1. The number of carbonyl (C=O) groups excluding carboxylic acids is 1. The van der Waals surface area contributed by atoms with Crippen LogP contribution < -0.4 is 16.4 Å². The standard InChI is InChI=1S/C13H19N3O/c1-13(2,8-14)16-11-5-4-10(15)7-9(11)3-6-12(16)17/h4-5,7H,3,6,8,14-15H2,1-2H3. The van der Waals surface area contributed by atoms with Crippen molar-refractivity contribution in [2.24, 2.45) is 5.73 Å². The summed E-state index contributed by atoms with van der Waals surface area (Å²) >= 11 is 0. The molecule has 4 nitrogen and oxygen atoms in total. The van der Waals surface area contributed by atoms with Crippen molar-refractivity contribution in [2.75, 3.05) is 17.2 Å². The molecule has 0 saturated carbocycles. The van der Waals surface area contributed by atoms with E-state index in [-0.39, 0.29) is 11.4 Å². The Bertz CT molecular complexity index is 454. The molecule has 1 aliphatic rings. The Morgan fingerprint density at radius 3 is 2.71 bits per heavy atom. The highest BCUT2D eigenvalue weighted by molar-refractivity contribution is 5.98. The third-order valence-electron chi connectivity index (χ3n) is 3.31. The number of carbonyl (C=O) groups is 1. The van der Waals surface area contributed by atoms with E-state index in [9.17, 15) is 4.79 Å². The molecule has 4 N–H and O–H groups in total. The Labute approximate surface area is 102 Å². The molecule has 4 heteroatoms. The van der Waals surface area contributed by atoms with E-state index in [1.54, 1.807) is 0 Å². The number of amides is 1. The van der Waals surface area contributed by atoms with Gasteiger partial charge >= 0.3 is 0 Å². The molecule has 17 heavy (non-hydrogen) atoms. The molecule has 0 unspecified atom stereocenters. The first-order valence-corrected chi connectivity index (χ1v) is 5.87. The molecule has 0 aliphatic carbocycles. The number of anilines is 2. The SMILES string of the molecule is CC(C)(CN)N1C(=O)CCc2cc(N)ccc21. The Morgan fingerprint density at radius 1 is 1.35 bits per heavy atom. The summed E-state index contributed by atoms with van der Waals surface area (Å²) in [5.74, 6) is 0.137. The van der Waals surface area contributed by atoms with Gasteiger partial charge in [-0.15, -0.1) is 0 Å². The Morgan fingerprint density at radius 2 is 2.06 bits per heavy atom. The Hall–Kier alpha value is -1.55. The zero-order valence-electron chi connectivity index (χ0n) is 10.4. The average Bonchev–Trinajstić information content (AvgIpc) is 2.29. The third kappa shape index (κ3) is 2.00. The summed E-state index contributed by atoms with van der Waals surface area (Å²) < 4.78 is 0. The van der Waals surface area contributed by atoms with E-state index in [4.69, 9.17) is 11.5 Å². The fourth-order valence-electron chi connectivity index (χ4n) is 2.27. The molecule has 2 rings (SSSR count). The molecule has 0 radical (unpaired) electrons. The minimum Gasteiger partial charge on any atom is -0.399 e. The summed E-state index contributed by atoms with van der Waals surface area (Å²) in [7, 11) is 0. The number of nitrogens with two attached hydrogens (primary N) is 2.